The highest BCUT2D eigenvalue weighted by Gasteiger charge is 2.39. The summed E-state index contributed by atoms with van der Waals surface area (Å²) >= 11 is 0. The second-order valence-electron chi connectivity index (χ2n) is 11.1. The maximum absolute atomic E-state index is 12.0. The highest BCUT2D eigenvalue weighted by molar-refractivity contribution is 6.87. The van der Waals surface area contributed by atoms with Crippen LogP contribution in [0.1, 0.15) is 84.6 Å². The van der Waals surface area contributed by atoms with E-state index in [1.165, 1.54) is 39.0 Å². The molecule has 1 unspecified atom stereocenters. The van der Waals surface area contributed by atoms with E-state index in [2.05, 4.69) is 59.6 Å². The molecular weight excluding hydrogens is 408 g/mol. The van der Waals surface area contributed by atoms with Gasteiger partial charge in [0.1, 0.15) is 8.07 Å². The monoisotopic (exact) mass is 454 g/mol. The van der Waals surface area contributed by atoms with Gasteiger partial charge < -0.3 is 13.6 Å². The molecule has 0 aromatic carbocycles. The summed E-state index contributed by atoms with van der Waals surface area (Å²) in [6.45, 7) is 19.4. The second kappa shape index (κ2) is 11.7. The molecule has 1 heterocycles. The van der Waals surface area contributed by atoms with Crippen molar-refractivity contribution in [3.63, 3.8) is 0 Å². The Balaban J connectivity index is 2.77. The predicted molar refractivity (Wildman–Crippen MR) is 131 cm³/mol. The molecule has 1 rings (SSSR count). The summed E-state index contributed by atoms with van der Waals surface area (Å²) in [6.07, 6.45) is 10.9. The van der Waals surface area contributed by atoms with Crippen LogP contribution in [0.15, 0.2) is 16.7 Å². The van der Waals surface area contributed by atoms with Gasteiger partial charge in [0, 0.05) is 13.3 Å². The molecule has 1 aromatic heterocycles. The van der Waals surface area contributed by atoms with Gasteiger partial charge in [-0.25, -0.2) is 0 Å². The minimum absolute atomic E-state index is 0.303. The summed E-state index contributed by atoms with van der Waals surface area (Å²) in [6, 6.07) is 2.07. The number of ether oxygens (including phenoxy) is 1. The minimum atomic E-state index is -1.59. The molecule has 0 spiro atoms. The Morgan fingerprint density at radius 3 is 1.97 bits per heavy atom. The maximum Gasteiger partial charge on any atom is 0.305 e. The van der Waals surface area contributed by atoms with Gasteiger partial charge in [-0.15, -0.1) is 0 Å². The van der Waals surface area contributed by atoms with E-state index in [1.54, 1.807) is 6.26 Å². The van der Waals surface area contributed by atoms with Crippen molar-refractivity contribution in [2.75, 3.05) is 0 Å². The van der Waals surface area contributed by atoms with E-state index < -0.39 is 22.9 Å². The van der Waals surface area contributed by atoms with Gasteiger partial charge in [0.25, 0.3) is 0 Å². The summed E-state index contributed by atoms with van der Waals surface area (Å²) < 4.78 is 18.2. The zero-order valence-electron chi connectivity index (χ0n) is 21.0. The Kier molecular flexibility index (Phi) is 10.6. The molecule has 0 N–H and O–H groups in total. The van der Waals surface area contributed by atoms with Gasteiger partial charge in [-0.2, -0.15) is 0 Å². The number of esters is 1. The van der Waals surface area contributed by atoms with Crippen molar-refractivity contribution < 1.29 is 18.4 Å². The second-order valence-corrected chi connectivity index (χ2v) is 18.5. The van der Waals surface area contributed by atoms with E-state index in [1.807, 2.05) is 0 Å². The highest BCUT2D eigenvalue weighted by atomic mass is 28.3. The number of furan rings is 1. The lowest BCUT2D eigenvalue weighted by Crippen LogP contribution is -2.40. The molecule has 0 amide bonds. The number of unbranched alkanes of at least 4 members (excludes halogenated alkanes) is 5. The Bertz CT molecular complexity index is 640. The third-order valence-corrected chi connectivity index (χ3v) is 7.79. The zero-order valence-corrected chi connectivity index (χ0v) is 23.2. The smallest absolute Gasteiger partial charge is 0.305 e. The lowest BCUT2D eigenvalue weighted by atomic mass is 9.89. The first kappa shape index (κ1) is 27.2. The van der Waals surface area contributed by atoms with Gasteiger partial charge in [0.2, 0.25) is 5.79 Å². The van der Waals surface area contributed by atoms with Gasteiger partial charge >= 0.3 is 5.97 Å². The number of hydrogen-bond donors (Lipinski definition) is 0. The fourth-order valence-corrected chi connectivity index (χ4v) is 5.73. The Morgan fingerprint density at radius 1 is 1.00 bits per heavy atom. The largest absolute Gasteiger partial charge is 0.474 e. The van der Waals surface area contributed by atoms with E-state index in [0.717, 1.165) is 23.8 Å². The lowest BCUT2D eigenvalue weighted by molar-refractivity contribution is -0.206. The Morgan fingerprint density at radius 2 is 1.53 bits per heavy atom. The third-order valence-electron chi connectivity index (χ3n) is 5.20. The van der Waals surface area contributed by atoms with Crippen molar-refractivity contribution in [3.05, 3.63) is 17.9 Å². The molecule has 0 bridgehead atoms. The zero-order chi connectivity index (χ0) is 23.0. The topological polar surface area (TPSA) is 48.7 Å². The van der Waals surface area contributed by atoms with E-state index >= 15 is 0 Å². The van der Waals surface area contributed by atoms with Crippen LogP contribution < -0.4 is 5.38 Å². The number of rotatable bonds is 13. The van der Waals surface area contributed by atoms with Crippen LogP contribution in [0.3, 0.4) is 0 Å². The quantitative estimate of drug-likeness (QED) is 0.144. The van der Waals surface area contributed by atoms with E-state index in [4.69, 9.17) is 13.6 Å². The molecule has 30 heavy (non-hydrogen) atoms. The van der Waals surface area contributed by atoms with Crippen LogP contribution in [0, 0.1) is 5.41 Å². The van der Waals surface area contributed by atoms with E-state index in [0.29, 0.717) is 11.8 Å². The van der Waals surface area contributed by atoms with Crippen LogP contribution in [-0.4, -0.2) is 23.1 Å². The van der Waals surface area contributed by atoms with Crippen molar-refractivity contribution in [2.24, 2.45) is 5.41 Å². The fraction of sp³-hybridized carbons (Fsp3) is 0.792. The van der Waals surface area contributed by atoms with Crippen LogP contribution in [-0.2, 0) is 19.7 Å². The molecule has 0 radical (unpaired) electrons. The summed E-state index contributed by atoms with van der Waals surface area (Å²) in [5, 5.41) is 1.02. The predicted octanol–water partition coefficient (Wildman–Crippen LogP) is 6.71. The summed E-state index contributed by atoms with van der Waals surface area (Å²) in [4.78, 5) is 12.0. The molecule has 1 atom stereocenters. The number of hydrogen-bond acceptors (Lipinski definition) is 4. The van der Waals surface area contributed by atoms with Crippen LogP contribution in [0.25, 0.3) is 0 Å². The average molecular weight is 455 g/mol. The summed E-state index contributed by atoms with van der Waals surface area (Å²) in [5.74, 6) is -1.30. The standard InChI is InChI=1S/C24H46O4Si2/c1-20(25)27-24(28-29(5)6,21-18-22(26-19-21)30(7,8)9)17-15-13-11-10-12-14-16-23(2,3)4/h18-19,29H,10-17H2,1-9H3. The van der Waals surface area contributed by atoms with Gasteiger partial charge in [0.15, 0.2) is 9.04 Å². The van der Waals surface area contributed by atoms with E-state index in [9.17, 15) is 4.79 Å². The van der Waals surface area contributed by atoms with Gasteiger partial charge in [-0.05, 0) is 37.4 Å². The molecule has 1 aromatic rings. The van der Waals surface area contributed by atoms with Crippen molar-refractivity contribution in [1.29, 1.82) is 0 Å². The van der Waals surface area contributed by atoms with Crippen molar-refractivity contribution >= 4 is 28.5 Å². The number of carbonyl (C=O) groups is 1. The highest BCUT2D eigenvalue weighted by Crippen LogP contribution is 2.35. The van der Waals surface area contributed by atoms with Gasteiger partial charge in [-0.3, -0.25) is 4.79 Å². The molecule has 0 saturated heterocycles. The molecule has 0 saturated carbocycles. The Labute approximate surface area is 187 Å². The van der Waals surface area contributed by atoms with Crippen molar-refractivity contribution in [3.8, 4) is 0 Å². The molecule has 0 aliphatic heterocycles. The maximum atomic E-state index is 12.0. The van der Waals surface area contributed by atoms with Crippen LogP contribution in [0.2, 0.25) is 32.7 Å². The number of carbonyl (C=O) groups excluding carboxylic acids is 1. The van der Waals surface area contributed by atoms with Crippen LogP contribution in [0.4, 0.5) is 0 Å². The molecule has 0 aliphatic carbocycles. The minimum Gasteiger partial charge on any atom is -0.474 e. The molecule has 174 valence electrons. The summed E-state index contributed by atoms with van der Waals surface area (Å²) in [7, 11) is -3.05. The lowest BCUT2D eigenvalue weighted by Gasteiger charge is -2.34. The summed E-state index contributed by atoms with van der Waals surface area (Å²) in [5.41, 5.74) is 1.29. The van der Waals surface area contributed by atoms with Crippen molar-refractivity contribution in [2.45, 2.75) is 118 Å². The fourth-order valence-electron chi connectivity index (χ4n) is 3.67. The Hall–Kier alpha value is -0.856. The normalized spacial score (nSPS) is 14.7. The first-order valence-electron chi connectivity index (χ1n) is 11.7. The first-order valence-corrected chi connectivity index (χ1v) is 18.0. The molecular formula is C24H46O4Si2. The van der Waals surface area contributed by atoms with Gasteiger partial charge in [-0.1, -0.05) is 72.5 Å². The van der Waals surface area contributed by atoms with Gasteiger partial charge in [0.05, 0.1) is 17.2 Å². The average Bonchev–Trinajstić information content (AvgIpc) is 3.06. The molecule has 4 nitrogen and oxygen atoms in total. The van der Waals surface area contributed by atoms with Crippen LogP contribution >= 0.6 is 0 Å². The van der Waals surface area contributed by atoms with Crippen LogP contribution in [0.5, 0.6) is 0 Å². The molecule has 0 aliphatic rings. The molecule has 6 heteroatoms. The molecule has 0 fully saturated rings. The van der Waals surface area contributed by atoms with E-state index in [-0.39, 0.29) is 5.97 Å². The SMILES string of the molecule is CC(=O)OC(CCCCCCCCC(C)(C)C)(O[SiH](C)C)c1coc([Si](C)(C)C)c1. The first-order chi connectivity index (χ1) is 13.8. The third kappa shape index (κ3) is 9.97. The van der Waals surface area contributed by atoms with Crippen molar-refractivity contribution in [1.82, 2.24) is 0 Å².